The van der Waals surface area contributed by atoms with Crippen LogP contribution in [0, 0.1) is 28.6 Å². The van der Waals surface area contributed by atoms with Crippen molar-refractivity contribution in [2.45, 2.75) is 58.2 Å². The van der Waals surface area contributed by atoms with Crippen LogP contribution in [-0.2, 0) is 0 Å². The van der Waals surface area contributed by atoms with E-state index in [0.29, 0.717) is 12.8 Å². The number of hydrogen-bond acceptors (Lipinski definition) is 4. The van der Waals surface area contributed by atoms with Crippen LogP contribution in [0.3, 0.4) is 0 Å². The van der Waals surface area contributed by atoms with Gasteiger partial charge in [0.1, 0.15) is 0 Å². The maximum absolute atomic E-state index is 10.8. The van der Waals surface area contributed by atoms with Crippen molar-refractivity contribution in [2.24, 2.45) is 28.6 Å². The summed E-state index contributed by atoms with van der Waals surface area (Å²) in [5.41, 5.74) is 1.36. The van der Waals surface area contributed by atoms with Crippen LogP contribution >= 0.6 is 0 Å². The van der Waals surface area contributed by atoms with Gasteiger partial charge >= 0.3 is 0 Å². The molecule has 2 saturated carbocycles. The van der Waals surface area contributed by atoms with E-state index < -0.39 is 17.6 Å². The topological polar surface area (TPSA) is 80.9 Å². The van der Waals surface area contributed by atoms with Gasteiger partial charge in [-0.3, -0.25) is 0 Å². The van der Waals surface area contributed by atoms with E-state index in [-0.39, 0.29) is 36.4 Å². The van der Waals surface area contributed by atoms with Crippen LogP contribution < -0.4 is 0 Å². The van der Waals surface area contributed by atoms with E-state index in [0.717, 1.165) is 30.4 Å². The average Bonchev–Trinajstić information content (AvgIpc) is 2.60. The van der Waals surface area contributed by atoms with Crippen LogP contribution in [0.5, 0.6) is 0 Å². The molecule has 0 aromatic heterocycles. The van der Waals surface area contributed by atoms with E-state index in [1.165, 1.54) is 0 Å². The molecular weight excluding hydrogens is 304 g/mol. The molecule has 136 valence electrons. The number of rotatable bonds is 3. The van der Waals surface area contributed by atoms with Crippen LogP contribution in [0.25, 0.3) is 0 Å². The van der Waals surface area contributed by atoms with E-state index in [2.05, 4.69) is 19.6 Å². The number of allylic oxidation sites excluding steroid dienone is 1. The third-order valence-corrected chi connectivity index (χ3v) is 7.58. The Kier molecular flexibility index (Phi) is 4.71. The number of aliphatic hydroxyl groups is 4. The SMILES string of the molecule is C=C(CO)[C@@H]1C=C2[C@H](O)C[C@H]3[C@](C)(CO)[C@@H](O)CC[C@]3(C)[C@H]2CC1. The molecule has 24 heavy (non-hydrogen) atoms. The second-order valence-electron chi connectivity index (χ2n) is 8.75. The van der Waals surface area contributed by atoms with Gasteiger partial charge in [0.05, 0.1) is 25.4 Å². The summed E-state index contributed by atoms with van der Waals surface area (Å²) in [6, 6.07) is 0. The molecule has 3 aliphatic carbocycles. The van der Waals surface area contributed by atoms with Gasteiger partial charge < -0.3 is 20.4 Å². The van der Waals surface area contributed by atoms with Crippen molar-refractivity contribution in [1.29, 1.82) is 0 Å². The zero-order valence-corrected chi connectivity index (χ0v) is 14.9. The molecule has 3 aliphatic rings. The normalized spacial score (nSPS) is 48.2. The molecule has 0 aromatic carbocycles. The second-order valence-corrected chi connectivity index (χ2v) is 8.75. The third-order valence-electron chi connectivity index (χ3n) is 7.58. The summed E-state index contributed by atoms with van der Waals surface area (Å²) in [6.07, 6.45) is 5.23. The van der Waals surface area contributed by atoms with Crippen LogP contribution in [0.4, 0.5) is 0 Å². The molecule has 4 heteroatoms. The van der Waals surface area contributed by atoms with Crippen LogP contribution in [0.1, 0.15) is 46.0 Å². The number of fused-ring (bicyclic) bond motifs is 3. The highest BCUT2D eigenvalue weighted by Crippen LogP contribution is 2.63. The van der Waals surface area contributed by atoms with Crippen LogP contribution in [0.2, 0.25) is 0 Å². The molecule has 0 aromatic rings. The molecule has 4 N–H and O–H groups in total. The lowest BCUT2D eigenvalue weighted by Gasteiger charge is -2.61. The molecule has 0 bridgehead atoms. The molecule has 0 heterocycles. The molecular formula is C20H32O4. The summed E-state index contributed by atoms with van der Waals surface area (Å²) in [4.78, 5) is 0. The van der Waals surface area contributed by atoms with Crippen molar-refractivity contribution in [3.05, 3.63) is 23.8 Å². The van der Waals surface area contributed by atoms with Crippen LogP contribution in [0.15, 0.2) is 23.8 Å². The first-order valence-corrected chi connectivity index (χ1v) is 9.25. The highest BCUT2D eigenvalue weighted by atomic mass is 16.3. The van der Waals surface area contributed by atoms with Gasteiger partial charge in [0, 0.05) is 11.3 Å². The van der Waals surface area contributed by atoms with Gasteiger partial charge in [-0.25, -0.2) is 0 Å². The van der Waals surface area contributed by atoms with E-state index in [4.69, 9.17) is 0 Å². The summed E-state index contributed by atoms with van der Waals surface area (Å²) < 4.78 is 0. The summed E-state index contributed by atoms with van der Waals surface area (Å²) in [6.45, 7) is 8.16. The van der Waals surface area contributed by atoms with Gasteiger partial charge in [0.25, 0.3) is 0 Å². The molecule has 7 atom stereocenters. The van der Waals surface area contributed by atoms with Crippen molar-refractivity contribution < 1.29 is 20.4 Å². The lowest BCUT2D eigenvalue weighted by molar-refractivity contribution is -0.166. The molecule has 0 radical (unpaired) electrons. The molecule has 0 aliphatic heterocycles. The second kappa shape index (κ2) is 6.24. The summed E-state index contributed by atoms with van der Waals surface area (Å²) in [5, 5.41) is 40.7. The minimum absolute atomic E-state index is 0.00666. The molecule has 0 spiro atoms. The highest BCUT2D eigenvalue weighted by Gasteiger charge is 2.59. The minimum atomic E-state index is -0.551. The van der Waals surface area contributed by atoms with Gasteiger partial charge in [-0.1, -0.05) is 26.5 Å². The Hall–Kier alpha value is -0.680. The quantitative estimate of drug-likeness (QED) is 0.595. The Bertz CT molecular complexity index is 542. The molecule has 0 saturated heterocycles. The monoisotopic (exact) mass is 336 g/mol. The van der Waals surface area contributed by atoms with E-state index >= 15 is 0 Å². The first-order valence-electron chi connectivity index (χ1n) is 9.25. The Labute approximate surface area is 144 Å². The minimum Gasteiger partial charge on any atom is -0.396 e. The first-order chi connectivity index (χ1) is 11.3. The van der Waals surface area contributed by atoms with Gasteiger partial charge in [0.15, 0.2) is 0 Å². The van der Waals surface area contributed by atoms with Gasteiger partial charge in [-0.2, -0.15) is 0 Å². The maximum atomic E-state index is 10.8. The fourth-order valence-electron chi connectivity index (χ4n) is 5.91. The Morgan fingerprint density at radius 3 is 2.54 bits per heavy atom. The summed E-state index contributed by atoms with van der Waals surface area (Å²) in [5.74, 6) is 0.537. The Balaban J connectivity index is 1.98. The van der Waals surface area contributed by atoms with Gasteiger partial charge in [-0.05, 0) is 60.5 Å². The van der Waals surface area contributed by atoms with E-state index in [1.54, 1.807) is 0 Å². The molecule has 3 rings (SSSR count). The van der Waals surface area contributed by atoms with Crippen molar-refractivity contribution in [2.75, 3.05) is 13.2 Å². The number of hydrogen-bond donors (Lipinski definition) is 4. The molecule has 0 amide bonds. The van der Waals surface area contributed by atoms with Crippen LogP contribution in [-0.4, -0.2) is 45.8 Å². The highest BCUT2D eigenvalue weighted by molar-refractivity contribution is 5.29. The maximum Gasteiger partial charge on any atom is 0.0756 e. The predicted molar refractivity (Wildman–Crippen MR) is 93.2 cm³/mol. The predicted octanol–water partition coefficient (Wildman–Crippen LogP) is 2.03. The van der Waals surface area contributed by atoms with Crippen molar-refractivity contribution >= 4 is 0 Å². The lowest BCUT2D eigenvalue weighted by atomic mass is 9.44. The lowest BCUT2D eigenvalue weighted by Crippen LogP contribution is -2.60. The van der Waals surface area contributed by atoms with E-state index in [1.807, 2.05) is 6.92 Å². The van der Waals surface area contributed by atoms with Crippen molar-refractivity contribution in [3.63, 3.8) is 0 Å². The van der Waals surface area contributed by atoms with Gasteiger partial charge in [0.2, 0.25) is 0 Å². The third kappa shape index (κ3) is 2.50. The van der Waals surface area contributed by atoms with E-state index in [9.17, 15) is 20.4 Å². The molecule has 4 nitrogen and oxygen atoms in total. The Morgan fingerprint density at radius 2 is 1.92 bits per heavy atom. The van der Waals surface area contributed by atoms with Crippen molar-refractivity contribution in [3.8, 4) is 0 Å². The average molecular weight is 336 g/mol. The first kappa shape index (κ1) is 18.1. The molecule has 0 unspecified atom stereocenters. The zero-order valence-electron chi connectivity index (χ0n) is 14.9. The zero-order chi connectivity index (χ0) is 17.7. The largest absolute Gasteiger partial charge is 0.396 e. The summed E-state index contributed by atoms with van der Waals surface area (Å²) in [7, 11) is 0. The number of aliphatic hydroxyl groups excluding tert-OH is 4. The molecule has 2 fully saturated rings. The van der Waals surface area contributed by atoms with Crippen molar-refractivity contribution in [1.82, 2.24) is 0 Å². The fourth-order valence-corrected chi connectivity index (χ4v) is 5.91. The standard InChI is InChI=1S/C20H32O4/c1-12(10-21)13-4-5-15-14(8-13)16(23)9-17-19(15,2)7-6-18(24)20(17,3)11-22/h8,13,15-18,21-24H,1,4-7,9-11H2,2-3H3/t13-,15-,16+,17+,18-,19+,20-/m0/s1. The Morgan fingerprint density at radius 1 is 1.21 bits per heavy atom. The summed E-state index contributed by atoms with van der Waals surface area (Å²) >= 11 is 0. The fraction of sp³-hybridized carbons (Fsp3) is 0.800. The van der Waals surface area contributed by atoms with Gasteiger partial charge in [-0.15, -0.1) is 0 Å². The smallest absolute Gasteiger partial charge is 0.0756 e.